The van der Waals surface area contributed by atoms with Crippen molar-refractivity contribution in [1.29, 1.82) is 0 Å². The molecule has 0 amide bonds. The van der Waals surface area contributed by atoms with Crippen LogP contribution in [0.15, 0.2) is 35.1 Å². The van der Waals surface area contributed by atoms with Gasteiger partial charge in [-0.3, -0.25) is 4.98 Å². The molecule has 2 N–H and O–H groups in total. The van der Waals surface area contributed by atoms with Gasteiger partial charge in [-0.15, -0.1) is 0 Å². The van der Waals surface area contributed by atoms with E-state index in [-0.39, 0.29) is 0 Å². The molecule has 94 valence electrons. The van der Waals surface area contributed by atoms with Crippen molar-refractivity contribution in [1.82, 2.24) is 4.98 Å². The lowest BCUT2D eigenvalue weighted by molar-refractivity contribution is 1.30. The van der Waals surface area contributed by atoms with Gasteiger partial charge in [0.15, 0.2) is 0 Å². The van der Waals surface area contributed by atoms with Gasteiger partial charge < -0.3 is 10.6 Å². The molecule has 3 nitrogen and oxygen atoms in total. The topological polar surface area (TPSA) is 37.0 Å². The molecule has 0 aliphatic rings. The van der Waals surface area contributed by atoms with E-state index in [9.17, 15) is 0 Å². The molecular weight excluding hydrogens is 314 g/mol. The molecule has 0 aliphatic heterocycles. The zero-order chi connectivity index (χ0) is 13.1. The number of anilines is 3. The monoisotopic (exact) mass is 325 g/mol. The van der Waals surface area contributed by atoms with E-state index in [2.05, 4.69) is 31.5 Å². The van der Waals surface area contributed by atoms with Crippen LogP contribution in [0.1, 0.15) is 5.56 Å². The summed E-state index contributed by atoms with van der Waals surface area (Å²) in [5.41, 5.74) is 3.81. The van der Waals surface area contributed by atoms with Crippen LogP contribution < -0.4 is 10.6 Å². The van der Waals surface area contributed by atoms with E-state index < -0.39 is 0 Å². The van der Waals surface area contributed by atoms with E-state index in [1.807, 2.05) is 32.2 Å². The SMILES string of the molecule is CNc1cncc(Nc2cc(Cl)c(C)cc2Br)c1. The molecule has 0 saturated carbocycles. The van der Waals surface area contributed by atoms with Crippen molar-refractivity contribution in [3.8, 4) is 0 Å². The van der Waals surface area contributed by atoms with Gasteiger partial charge in [0.25, 0.3) is 0 Å². The van der Waals surface area contributed by atoms with Gasteiger partial charge >= 0.3 is 0 Å². The minimum Gasteiger partial charge on any atom is -0.387 e. The maximum atomic E-state index is 6.12. The predicted octanol–water partition coefficient (Wildman–Crippen LogP) is 4.59. The highest BCUT2D eigenvalue weighted by Crippen LogP contribution is 2.31. The molecule has 0 aliphatic carbocycles. The fraction of sp³-hybridized carbons (Fsp3) is 0.154. The number of pyridine rings is 1. The summed E-state index contributed by atoms with van der Waals surface area (Å²) >= 11 is 9.64. The molecule has 0 atom stereocenters. The Hall–Kier alpha value is -1.26. The lowest BCUT2D eigenvalue weighted by atomic mass is 10.2. The number of benzene rings is 1. The lowest BCUT2D eigenvalue weighted by Crippen LogP contribution is -1.95. The zero-order valence-electron chi connectivity index (χ0n) is 10.1. The number of hydrogen-bond donors (Lipinski definition) is 2. The average molecular weight is 327 g/mol. The van der Waals surface area contributed by atoms with Gasteiger partial charge in [-0.2, -0.15) is 0 Å². The molecule has 2 rings (SSSR count). The first-order valence-electron chi connectivity index (χ1n) is 5.45. The average Bonchev–Trinajstić information content (AvgIpc) is 2.36. The Balaban J connectivity index is 2.30. The molecule has 2 aromatic rings. The molecule has 18 heavy (non-hydrogen) atoms. The summed E-state index contributed by atoms with van der Waals surface area (Å²) < 4.78 is 0.972. The van der Waals surface area contributed by atoms with Crippen LogP contribution in [0.2, 0.25) is 5.02 Å². The molecule has 0 bridgehead atoms. The molecule has 1 aromatic heterocycles. The van der Waals surface area contributed by atoms with Crippen LogP contribution in [0, 0.1) is 6.92 Å². The maximum Gasteiger partial charge on any atom is 0.0591 e. The van der Waals surface area contributed by atoms with Crippen LogP contribution >= 0.6 is 27.5 Å². The Morgan fingerprint density at radius 2 is 1.89 bits per heavy atom. The smallest absolute Gasteiger partial charge is 0.0591 e. The quantitative estimate of drug-likeness (QED) is 0.866. The first kappa shape index (κ1) is 13.2. The van der Waals surface area contributed by atoms with Gasteiger partial charge in [0.1, 0.15) is 0 Å². The van der Waals surface area contributed by atoms with Crippen LogP contribution in [-0.4, -0.2) is 12.0 Å². The summed E-state index contributed by atoms with van der Waals surface area (Å²) in [5, 5.41) is 7.06. The summed E-state index contributed by atoms with van der Waals surface area (Å²) in [4.78, 5) is 4.15. The Labute approximate surface area is 120 Å². The van der Waals surface area contributed by atoms with Gasteiger partial charge in [0, 0.05) is 16.5 Å². The molecule has 0 radical (unpaired) electrons. The number of aryl methyl sites for hydroxylation is 1. The van der Waals surface area contributed by atoms with E-state index in [0.717, 1.165) is 32.1 Å². The second-order valence-corrected chi connectivity index (χ2v) is 5.18. The summed E-state index contributed by atoms with van der Waals surface area (Å²) in [6.45, 7) is 1.97. The normalized spacial score (nSPS) is 10.2. The van der Waals surface area contributed by atoms with Crippen molar-refractivity contribution < 1.29 is 0 Å². The third-order valence-corrected chi connectivity index (χ3v) is 3.62. The third-order valence-electron chi connectivity index (χ3n) is 2.55. The van der Waals surface area contributed by atoms with E-state index in [1.54, 1.807) is 12.4 Å². The Bertz CT molecular complexity index is 572. The van der Waals surface area contributed by atoms with E-state index in [4.69, 9.17) is 11.6 Å². The van der Waals surface area contributed by atoms with Crippen LogP contribution in [0.25, 0.3) is 0 Å². The molecule has 0 unspecified atom stereocenters. The Kier molecular flexibility index (Phi) is 4.09. The molecule has 1 aromatic carbocycles. The molecule has 0 spiro atoms. The number of halogens is 2. The van der Waals surface area contributed by atoms with Gasteiger partial charge in [-0.05, 0) is 46.6 Å². The van der Waals surface area contributed by atoms with Gasteiger partial charge in [0.2, 0.25) is 0 Å². The fourth-order valence-electron chi connectivity index (χ4n) is 1.54. The van der Waals surface area contributed by atoms with Crippen molar-refractivity contribution >= 4 is 44.6 Å². The van der Waals surface area contributed by atoms with Crippen LogP contribution in [0.4, 0.5) is 17.1 Å². The van der Waals surface area contributed by atoms with Gasteiger partial charge in [-0.1, -0.05) is 11.6 Å². The first-order chi connectivity index (χ1) is 8.60. The van der Waals surface area contributed by atoms with Crippen molar-refractivity contribution in [2.75, 3.05) is 17.7 Å². The minimum absolute atomic E-state index is 0.735. The second-order valence-electron chi connectivity index (χ2n) is 3.92. The van der Waals surface area contributed by atoms with Crippen LogP contribution in [0.3, 0.4) is 0 Å². The van der Waals surface area contributed by atoms with Crippen molar-refractivity contribution in [2.24, 2.45) is 0 Å². The van der Waals surface area contributed by atoms with Crippen molar-refractivity contribution in [3.63, 3.8) is 0 Å². The van der Waals surface area contributed by atoms with Crippen LogP contribution in [-0.2, 0) is 0 Å². The Morgan fingerprint density at radius 1 is 1.17 bits per heavy atom. The van der Waals surface area contributed by atoms with E-state index >= 15 is 0 Å². The lowest BCUT2D eigenvalue weighted by Gasteiger charge is -2.11. The highest BCUT2D eigenvalue weighted by atomic mass is 79.9. The Morgan fingerprint density at radius 3 is 2.61 bits per heavy atom. The highest BCUT2D eigenvalue weighted by molar-refractivity contribution is 9.10. The van der Waals surface area contributed by atoms with Gasteiger partial charge in [0.05, 0.1) is 29.5 Å². The summed E-state index contributed by atoms with van der Waals surface area (Å²) in [5.74, 6) is 0. The van der Waals surface area contributed by atoms with Crippen LogP contribution in [0.5, 0.6) is 0 Å². The molecular formula is C13H13BrClN3. The number of nitrogens with one attached hydrogen (secondary N) is 2. The molecule has 5 heteroatoms. The summed E-state index contributed by atoms with van der Waals surface area (Å²) in [6.07, 6.45) is 3.53. The number of hydrogen-bond acceptors (Lipinski definition) is 3. The maximum absolute atomic E-state index is 6.12. The number of rotatable bonds is 3. The van der Waals surface area contributed by atoms with Crippen molar-refractivity contribution in [3.05, 3.63) is 45.7 Å². The summed E-state index contributed by atoms with van der Waals surface area (Å²) in [7, 11) is 1.86. The zero-order valence-corrected chi connectivity index (χ0v) is 12.4. The van der Waals surface area contributed by atoms with E-state index in [0.29, 0.717) is 0 Å². The fourth-order valence-corrected chi connectivity index (χ4v) is 2.26. The first-order valence-corrected chi connectivity index (χ1v) is 6.62. The minimum atomic E-state index is 0.735. The molecule has 0 saturated heterocycles. The van der Waals surface area contributed by atoms with Gasteiger partial charge in [-0.25, -0.2) is 0 Å². The molecule has 0 fully saturated rings. The largest absolute Gasteiger partial charge is 0.387 e. The number of nitrogens with zero attached hydrogens (tertiary/aromatic N) is 1. The number of aromatic nitrogens is 1. The second kappa shape index (κ2) is 5.59. The standard InChI is InChI=1S/C13H13BrClN3/c1-8-3-11(14)13(5-12(8)15)18-10-4-9(16-2)6-17-7-10/h3-7,16,18H,1-2H3. The predicted molar refractivity (Wildman–Crippen MR) is 81.0 cm³/mol. The highest BCUT2D eigenvalue weighted by Gasteiger charge is 2.05. The molecule has 1 heterocycles. The summed E-state index contributed by atoms with van der Waals surface area (Å²) in [6, 6.07) is 5.86. The third kappa shape index (κ3) is 2.94. The van der Waals surface area contributed by atoms with Crippen molar-refractivity contribution in [2.45, 2.75) is 6.92 Å². The van der Waals surface area contributed by atoms with E-state index in [1.165, 1.54) is 0 Å².